The maximum absolute atomic E-state index is 11.9. The average Bonchev–Trinajstić information content (AvgIpc) is 2.81. The molecule has 1 heterocycles. The van der Waals surface area contributed by atoms with Crippen molar-refractivity contribution < 1.29 is 9.72 Å². The van der Waals surface area contributed by atoms with Gasteiger partial charge in [0.15, 0.2) is 5.13 Å². The molecule has 0 aliphatic rings. The molecule has 0 radical (unpaired) electrons. The van der Waals surface area contributed by atoms with Crippen LogP contribution in [-0.4, -0.2) is 15.8 Å². The number of nitrogens with zero attached hydrogens (tertiary/aromatic N) is 2. The van der Waals surface area contributed by atoms with Crippen LogP contribution in [0.25, 0.3) is 0 Å². The topological polar surface area (TPSA) is 85.1 Å². The molecule has 0 saturated heterocycles. The smallest absolute Gasteiger partial charge is 0.269 e. The highest BCUT2D eigenvalue weighted by Crippen LogP contribution is 2.19. The molecule has 1 N–H and O–H groups in total. The number of thiazole rings is 1. The first-order chi connectivity index (χ1) is 8.58. The molecule has 0 atom stereocenters. The van der Waals surface area contributed by atoms with Crippen molar-refractivity contribution in [1.82, 2.24) is 4.98 Å². The molecule has 18 heavy (non-hydrogen) atoms. The molecule has 6 nitrogen and oxygen atoms in total. The molecule has 0 fully saturated rings. The highest BCUT2D eigenvalue weighted by atomic mass is 32.1. The summed E-state index contributed by atoms with van der Waals surface area (Å²) in [7, 11) is 0. The summed E-state index contributed by atoms with van der Waals surface area (Å²) in [6.07, 6.45) is 1.59. The first-order valence-electron chi connectivity index (χ1n) is 5.04. The lowest BCUT2D eigenvalue weighted by atomic mass is 10.1. The molecule has 0 aliphatic heterocycles. The minimum absolute atomic E-state index is 0.0294. The molecule has 0 bridgehead atoms. The van der Waals surface area contributed by atoms with Crippen LogP contribution in [0, 0.1) is 17.0 Å². The highest BCUT2D eigenvalue weighted by molar-refractivity contribution is 7.13. The first-order valence-corrected chi connectivity index (χ1v) is 5.92. The predicted octanol–water partition coefficient (Wildman–Crippen LogP) is 2.61. The second-order valence-electron chi connectivity index (χ2n) is 3.55. The maximum atomic E-state index is 11.9. The summed E-state index contributed by atoms with van der Waals surface area (Å²) in [5.41, 5.74) is 0.923. The Morgan fingerprint density at radius 2 is 2.28 bits per heavy atom. The average molecular weight is 263 g/mol. The molecule has 0 saturated carbocycles. The fourth-order valence-corrected chi connectivity index (χ4v) is 1.99. The number of nitro benzene ring substituents is 1. The number of hydrogen-bond acceptors (Lipinski definition) is 5. The van der Waals surface area contributed by atoms with E-state index >= 15 is 0 Å². The molecular weight excluding hydrogens is 254 g/mol. The zero-order chi connectivity index (χ0) is 13.1. The Morgan fingerprint density at radius 1 is 1.50 bits per heavy atom. The van der Waals surface area contributed by atoms with E-state index in [2.05, 4.69) is 10.3 Å². The number of aromatic nitrogens is 1. The molecule has 1 aromatic heterocycles. The summed E-state index contributed by atoms with van der Waals surface area (Å²) in [5, 5.41) is 15.5. The Labute approximate surface area is 106 Å². The standard InChI is InChI=1S/C11H9N3O3S/c1-7-6-8(14(16)17)2-3-9(7)10(15)13-11-12-4-5-18-11/h2-6H,1H3,(H,12,13,15). The number of carbonyl (C=O) groups excluding carboxylic acids is 1. The van der Waals surface area contributed by atoms with Crippen LogP contribution >= 0.6 is 11.3 Å². The van der Waals surface area contributed by atoms with E-state index in [-0.39, 0.29) is 11.6 Å². The number of non-ortho nitro benzene ring substituents is 1. The third-order valence-corrected chi connectivity index (χ3v) is 3.01. The van der Waals surface area contributed by atoms with Crippen molar-refractivity contribution in [1.29, 1.82) is 0 Å². The Kier molecular flexibility index (Phi) is 3.33. The van der Waals surface area contributed by atoms with Crippen LogP contribution in [0.4, 0.5) is 10.8 Å². The normalized spacial score (nSPS) is 10.1. The number of hydrogen-bond donors (Lipinski definition) is 1. The van der Waals surface area contributed by atoms with Gasteiger partial charge in [-0.15, -0.1) is 11.3 Å². The summed E-state index contributed by atoms with van der Waals surface area (Å²) in [6.45, 7) is 1.66. The molecule has 2 aromatic rings. The van der Waals surface area contributed by atoms with E-state index in [0.29, 0.717) is 16.3 Å². The van der Waals surface area contributed by atoms with E-state index in [9.17, 15) is 14.9 Å². The number of anilines is 1. The third-order valence-electron chi connectivity index (χ3n) is 2.32. The largest absolute Gasteiger partial charge is 0.298 e. The molecule has 2 rings (SSSR count). The van der Waals surface area contributed by atoms with Gasteiger partial charge in [-0.25, -0.2) is 4.98 Å². The van der Waals surface area contributed by atoms with Crippen molar-refractivity contribution in [3.63, 3.8) is 0 Å². The van der Waals surface area contributed by atoms with Gasteiger partial charge in [-0.3, -0.25) is 20.2 Å². The van der Waals surface area contributed by atoms with Gasteiger partial charge in [-0.05, 0) is 18.6 Å². The van der Waals surface area contributed by atoms with E-state index in [0.717, 1.165) is 0 Å². The number of nitrogens with one attached hydrogen (secondary N) is 1. The first kappa shape index (κ1) is 12.2. The molecule has 92 valence electrons. The van der Waals surface area contributed by atoms with Crippen LogP contribution in [-0.2, 0) is 0 Å². The second-order valence-corrected chi connectivity index (χ2v) is 4.44. The van der Waals surface area contributed by atoms with Gasteiger partial charge in [-0.1, -0.05) is 0 Å². The number of nitro groups is 1. The maximum Gasteiger partial charge on any atom is 0.269 e. The summed E-state index contributed by atoms with van der Waals surface area (Å²) in [5.74, 6) is -0.322. The van der Waals surface area contributed by atoms with Crippen molar-refractivity contribution in [2.75, 3.05) is 5.32 Å². The van der Waals surface area contributed by atoms with Crippen LogP contribution in [0.1, 0.15) is 15.9 Å². The van der Waals surface area contributed by atoms with Crippen molar-refractivity contribution >= 4 is 28.1 Å². The Bertz CT molecular complexity index is 596. The zero-order valence-corrected chi connectivity index (χ0v) is 10.2. The lowest BCUT2D eigenvalue weighted by molar-refractivity contribution is -0.384. The van der Waals surface area contributed by atoms with Crippen molar-refractivity contribution in [3.8, 4) is 0 Å². The van der Waals surface area contributed by atoms with Crippen molar-refractivity contribution in [2.45, 2.75) is 6.92 Å². The number of rotatable bonds is 3. The van der Waals surface area contributed by atoms with Crippen LogP contribution in [0.2, 0.25) is 0 Å². The van der Waals surface area contributed by atoms with E-state index in [1.54, 1.807) is 18.5 Å². The van der Waals surface area contributed by atoms with E-state index in [1.165, 1.54) is 29.5 Å². The number of amides is 1. The van der Waals surface area contributed by atoms with Crippen LogP contribution in [0.15, 0.2) is 29.8 Å². The fraction of sp³-hybridized carbons (Fsp3) is 0.0909. The summed E-state index contributed by atoms with van der Waals surface area (Å²) >= 11 is 1.31. The van der Waals surface area contributed by atoms with Crippen LogP contribution in [0.5, 0.6) is 0 Å². The van der Waals surface area contributed by atoms with Crippen molar-refractivity contribution in [3.05, 3.63) is 51.0 Å². The predicted molar refractivity (Wildman–Crippen MR) is 67.9 cm³/mol. The minimum Gasteiger partial charge on any atom is -0.298 e. The van der Waals surface area contributed by atoms with Crippen LogP contribution in [0.3, 0.4) is 0 Å². The lowest BCUT2D eigenvalue weighted by Crippen LogP contribution is -2.13. The van der Waals surface area contributed by atoms with Crippen LogP contribution < -0.4 is 5.32 Å². The summed E-state index contributed by atoms with van der Waals surface area (Å²) in [6, 6.07) is 4.12. The monoisotopic (exact) mass is 263 g/mol. The lowest BCUT2D eigenvalue weighted by Gasteiger charge is -2.04. The van der Waals surface area contributed by atoms with E-state index in [4.69, 9.17) is 0 Å². The summed E-state index contributed by atoms with van der Waals surface area (Å²) in [4.78, 5) is 25.9. The summed E-state index contributed by atoms with van der Waals surface area (Å²) < 4.78 is 0. The minimum atomic E-state index is -0.491. The van der Waals surface area contributed by atoms with Gasteiger partial charge >= 0.3 is 0 Å². The van der Waals surface area contributed by atoms with Crippen molar-refractivity contribution in [2.24, 2.45) is 0 Å². The quantitative estimate of drug-likeness (QED) is 0.681. The van der Waals surface area contributed by atoms with Gasteiger partial charge in [-0.2, -0.15) is 0 Å². The van der Waals surface area contributed by atoms with E-state index < -0.39 is 4.92 Å². The highest BCUT2D eigenvalue weighted by Gasteiger charge is 2.14. The van der Waals surface area contributed by atoms with E-state index in [1.807, 2.05) is 0 Å². The zero-order valence-electron chi connectivity index (χ0n) is 9.41. The third kappa shape index (κ3) is 2.51. The SMILES string of the molecule is Cc1cc([N+](=O)[O-])ccc1C(=O)Nc1nccs1. The molecule has 0 spiro atoms. The Balaban J connectivity index is 2.23. The molecule has 0 aliphatic carbocycles. The van der Waals surface area contributed by atoms with Gasteiger partial charge in [0.1, 0.15) is 0 Å². The van der Waals surface area contributed by atoms with Gasteiger partial charge in [0.25, 0.3) is 11.6 Å². The number of aryl methyl sites for hydroxylation is 1. The van der Waals surface area contributed by atoms with Gasteiger partial charge < -0.3 is 0 Å². The Morgan fingerprint density at radius 3 is 2.83 bits per heavy atom. The van der Waals surface area contributed by atoms with Gasteiger partial charge in [0, 0.05) is 29.3 Å². The number of benzene rings is 1. The molecule has 1 amide bonds. The number of carbonyl (C=O) groups is 1. The second kappa shape index (κ2) is 4.92. The fourth-order valence-electron chi connectivity index (χ4n) is 1.47. The molecule has 1 aromatic carbocycles. The molecule has 0 unspecified atom stereocenters. The van der Waals surface area contributed by atoms with Gasteiger partial charge in [0.2, 0.25) is 0 Å². The van der Waals surface area contributed by atoms with Gasteiger partial charge in [0.05, 0.1) is 4.92 Å². The Hall–Kier alpha value is -2.28. The molecular formula is C11H9N3O3S. The molecule has 7 heteroatoms.